The number of amides is 1. The van der Waals surface area contributed by atoms with Crippen LogP contribution in [0, 0.1) is 13.8 Å². The highest BCUT2D eigenvalue weighted by atomic mass is 16.2. The Morgan fingerprint density at radius 2 is 1.86 bits per heavy atom. The van der Waals surface area contributed by atoms with Gasteiger partial charge in [-0.3, -0.25) is 9.48 Å². The zero-order valence-corrected chi connectivity index (χ0v) is 21.8. The standard InChI is InChI=1S/C25H34N10O/c1-16-9-10-18(28-24(36)21-13-17(2)31-34(21)5)14-20(16)29-22-19-15-27-25(30-23(19)35(6)32-22)26-11-7-8-12-33(3)4/h9-10,13-15H,7-8,11-12H2,1-6H3,(H,28,36)(H,29,32)(H,26,27,30). The molecule has 0 atom stereocenters. The van der Waals surface area contributed by atoms with E-state index in [0.717, 1.165) is 53.9 Å². The van der Waals surface area contributed by atoms with E-state index in [1.54, 1.807) is 28.7 Å². The van der Waals surface area contributed by atoms with Crippen LogP contribution in [0.4, 0.5) is 23.1 Å². The summed E-state index contributed by atoms with van der Waals surface area (Å²) in [7, 11) is 7.77. The number of rotatable bonds is 10. The molecule has 0 unspecified atom stereocenters. The summed E-state index contributed by atoms with van der Waals surface area (Å²) < 4.78 is 3.31. The predicted octanol–water partition coefficient (Wildman–Crippen LogP) is 3.46. The average molecular weight is 491 g/mol. The van der Waals surface area contributed by atoms with Crippen molar-refractivity contribution >= 4 is 40.1 Å². The molecule has 0 aliphatic carbocycles. The maximum atomic E-state index is 12.7. The van der Waals surface area contributed by atoms with Crippen molar-refractivity contribution in [3.63, 3.8) is 0 Å². The molecule has 3 aromatic heterocycles. The Balaban J connectivity index is 1.48. The fourth-order valence-electron chi connectivity index (χ4n) is 3.95. The second kappa shape index (κ2) is 10.7. The number of hydrogen-bond acceptors (Lipinski definition) is 8. The van der Waals surface area contributed by atoms with Gasteiger partial charge in [-0.25, -0.2) is 9.67 Å². The minimum atomic E-state index is -0.216. The molecule has 3 heterocycles. The predicted molar refractivity (Wildman–Crippen MR) is 143 cm³/mol. The van der Waals surface area contributed by atoms with Crippen LogP contribution in [-0.4, -0.2) is 67.5 Å². The lowest BCUT2D eigenvalue weighted by atomic mass is 10.1. The van der Waals surface area contributed by atoms with E-state index < -0.39 is 0 Å². The molecule has 0 aliphatic rings. The number of aromatic nitrogens is 6. The van der Waals surface area contributed by atoms with Gasteiger partial charge in [-0.15, -0.1) is 0 Å². The Morgan fingerprint density at radius 3 is 2.58 bits per heavy atom. The molecule has 4 aromatic rings. The van der Waals surface area contributed by atoms with Crippen LogP contribution in [0.1, 0.15) is 34.6 Å². The van der Waals surface area contributed by atoms with E-state index in [2.05, 4.69) is 55.1 Å². The third-order valence-corrected chi connectivity index (χ3v) is 5.88. The first-order chi connectivity index (χ1) is 17.2. The van der Waals surface area contributed by atoms with Gasteiger partial charge in [0.15, 0.2) is 11.5 Å². The summed E-state index contributed by atoms with van der Waals surface area (Å²) >= 11 is 0. The largest absolute Gasteiger partial charge is 0.354 e. The van der Waals surface area contributed by atoms with Crippen molar-refractivity contribution in [2.75, 3.05) is 43.1 Å². The van der Waals surface area contributed by atoms with E-state index in [-0.39, 0.29) is 5.91 Å². The summed E-state index contributed by atoms with van der Waals surface area (Å²) in [6.07, 6.45) is 3.94. The number of hydrogen-bond donors (Lipinski definition) is 3. The summed E-state index contributed by atoms with van der Waals surface area (Å²) in [5.74, 6) is 1.03. The van der Waals surface area contributed by atoms with E-state index in [1.807, 2.05) is 39.1 Å². The van der Waals surface area contributed by atoms with Crippen molar-refractivity contribution in [2.45, 2.75) is 26.7 Å². The SMILES string of the molecule is Cc1cc(C(=O)Nc2ccc(C)c(Nc3nn(C)c4nc(NCCCCN(C)C)ncc34)c2)n(C)n1. The molecule has 0 spiro atoms. The quantitative estimate of drug-likeness (QED) is 0.289. The second-order valence-electron chi connectivity index (χ2n) is 9.24. The van der Waals surface area contributed by atoms with Gasteiger partial charge >= 0.3 is 0 Å². The molecule has 1 aromatic carbocycles. The molecule has 11 heteroatoms. The number of nitrogens with zero attached hydrogens (tertiary/aromatic N) is 7. The van der Waals surface area contributed by atoms with Crippen LogP contribution in [-0.2, 0) is 14.1 Å². The van der Waals surface area contributed by atoms with Crippen molar-refractivity contribution in [1.82, 2.24) is 34.4 Å². The average Bonchev–Trinajstić information content (AvgIpc) is 3.33. The molecule has 36 heavy (non-hydrogen) atoms. The van der Waals surface area contributed by atoms with Crippen LogP contribution in [0.3, 0.4) is 0 Å². The van der Waals surface area contributed by atoms with E-state index in [0.29, 0.717) is 23.1 Å². The van der Waals surface area contributed by atoms with Crippen LogP contribution in [0.15, 0.2) is 30.5 Å². The highest BCUT2D eigenvalue weighted by Crippen LogP contribution is 2.28. The van der Waals surface area contributed by atoms with Crippen LogP contribution in [0.5, 0.6) is 0 Å². The summed E-state index contributed by atoms with van der Waals surface area (Å²) in [5, 5.41) is 19.3. The Morgan fingerprint density at radius 1 is 1.06 bits per heavy atom. The first-order valence-corrected chi connectivity index (χ1v) is 12.0. The summed E-state index contributed by atoms with van der Waals surface area (Å²) in [6.45, 7) is 5.74. The van der Waals surface area contributed by atoms with Crippen molar-refractivity contribution in [3.8, 4) is 0 Å². The maximum Gasteiger partial charge on any atom is 0.273 e. The zero-order chi connectivity index (χ0) is 25.8. The number of carbonyl (C=O) groups excluding carboxylic acids is 1. The lowest BCUT2D eigenvalue weighted by Crippen LogP contribution is -2.16. The van der Waals surface area contributed by atoms with Crippen molar-refractivity contribution in [3.05, 3.63) is 47.4 Å². The second-order valence-corrected chi connectivity index (χ2v) is 9.24. The van der Waals surface area contributed by atoms with Crippen LogP contribution < -0.4 is 16.0 Å². The fraction of sp³-hybridized carbons (Fsp3) is 0.400. The summed E-state index contributed by atoms with van der Waals surface area (Å²) in [5.41, 5.74) is 4.54. The number of fused-ring (bicyclic) bond motifs is 1. The van der Waals surface area contributed by atoms with Crippen molar-refractivity contribution in [2.24, 2.45) is 14.1 Å². The highest BCUT2D eigenvalue weighted by molar-refractivity contribution is 6.03. The van der Waals surface area contributed by atoms with E-state index in [1.165, 1.54) is 0 Å². The van der Waals surface area contributed by atoms with Crippen LogP contribution in [0.25, 0.3) is 11.0 Å². The molecule has 0 radical (unpaired) electrons. The van der Waals surface area contributed by atoms with Gasteiger partial charge in [0.1, 0.15) is 5.69 Å². The summed E-state index contributed by atoms with van der Waals surface area (Å²) in [6, 6.07) is 7.47. The van der Waals surface area contributed by atoms with Gasteiger partial charge in [0, 0.05) is 38.2 Å². The lowest BCUT2D eigenvalue weighted by molar-refractivity contribution is 0.101. The molecule has 4 rings (SSSR count). The first-order valence-electron chi connectivity index (χ1n) is 12.0. The fourth-order valence-corrected chi connectivity index (χ4v) is 3.95. The number of anilines is 4. The third kappa shape index (κ3) is 5.80. The third-order valence-electron chi connectivity index (χ3n) is 5.88. The molecule has 0 aliphatic heterocycles. The first kappa shape index (κ1) is 25.1. The zero-order valence-electron chi connectivity index (χ0n) is 21.8. The number of unbranched alkanes of at least 4 members (excludes halogenated alkanes) is 1. The van der Waals surface area contributed by atoms with Gasteiger partial charge < -0.3 is 20.9 Å². The Labute approximate surface area is 210 Å². The minimum absolute atomic E-state index is 0.216. The Kier molecular flexibility index (Phi) is 7.49. The number of nitrogens with one attached hydrogen (secondary N) is 3. The molecule has 1 amide bonds. The van der Waals surface area contributed by atoms with Gasteiger partial charge in [-0.05, 0) is 71.1 Å². The molecule has 0 saturated carbocycles. The molecular formula is C25H34N10O. The van der Waals surface area contributed by atoms with E-state index in [9.17, 15) is 4.79 Å². The molecule has 190 valence electrons. The maximum absolute atomic E-state index is 12.7. The van der Waals surface area contributed by atoms with Crippen molar-refractivity contribution < 1.29 is 4.79 Å². The van der Waals surface area contributed by atoms with E-state index in [4.69, 9.17) is 0 Å². The Bertz CT molecular complexity index is 1370. The van der Waals surface area contributed by atoms with Gasteiger partial charge in [0.2, 0.25) is 5.95 Å². The number of benzene rings is 1. The molecule has 11 nitrogen and oxygen atoms in total. The van der Waals surface area contributed by atoms with E-state index >= 15 is 0 Å². The lowest BCUT2D eigenvalue weighted by Gasteiger charge is -2.11. The molecule has 0 bridgehead atoms. The highest BCUT2D eigenvalue weighted by Gasteiger charge is 2.15. The molecule has 3 N–H and O–H groups in total. The molecular weight excluding hydrogens is 456 g/mol. The van der Waals surface area contributed by atoms with Gasteiger partial charge in [0.05, 0.1) is 11.1 Å². The topological polar surface area (TPSA) is 118 Å². The monoisotopic (exact) mass is 490 g/mol. The normalized spacial score (nSPS) is 11.3. The number of aryl methyl sites for hydroxylation is 4. The van der Waals surface area contributed by atoms with Crippen molar-refractivity contribution in [1.29, 1.82) is 0 Å². The molecule has 0 fully saturated rings. The number of carbonyl (C=O) groups is 1. The summed E-state index contributed by atoms with van der Waals surface area (Å²) in [4.78, 5) is 24.0. The Hall–Kier alpha value is -3.99. The van der Waals surface area contributed by atoms with Crippen LogP contribution >= 0.6 is 0 Å². The van der Waals surface area contributed by atoms with Gasteiger partial charge in [0.25, 0.3) is 5.91 Å². The van der Waals surface area contributed by atoms with Crippen LogP contribution in [0.2, 0.25) is 0 Å². The molecule has 0 saturated heterocycles. The van der Waals surface area contributed by atoms with Gasteiger partial charge in [-0.2, -0.15) is 15.2 Å². The van der Waals surface area contributed by atoms with Gasteiger partial charge in [-0.1, -0.05) is 6.07 Å². The minimum Gasteiger partial charge on any atom is -0.354 e. The smallest absolute Gasteiger partial charge is 0.273 e.